The highest BCUT2D eigenvalue weighted by Gasteiger charge is 2.45. The first-order valence-electron chi connectivity index (χ1n) is 6.22. The van der Waals surface area contributed by atoms with Crippen LogP contribution >= 0.6 is 0 Å². The van der Waals surface area contributed by atoms with E-state index in [1.807, 2.05) is 30.3 Å². The Kier molecular flexibility index (Phi) is 4.16. The number of β-lactam (4-membered cyclic amide) rings is 1. The number of benzene rings is 1. The summed E-state index contributed by atoms with van der Waals surface area (Å²) in [7, 11) is 1.33. The molecule has 1 aliphatic rings. The number of aliphatic hydroxyl groups excluding tert-OH is 1. The zero-order valence-corrected chi connectivity index (χ0v) is 10.8. The summed E-state index contributed by atoms with van der Waals surface area (Å²) < 4.78 is 4.56. The maximum Gasteiger partial charge on any atom is 0.305 e. The molecule has 5 nitrogen and oxygen atoms in total. The maximum absolute atomic E-state index is 11.7. The predicted octanol–water partition coefficient (Wildman–Crippen LogP) is 0.711. The fourth-order valence-corrected chi connectivity index (χ4v) is 2.24. The van der Waals surface area contributed by atoms with Gasteiger partial charge in [-0.25, -0.2) is 0 Å². The van der Waals surface area contributed by atoms with Crippen molar-refractivity contribution >= 4 is 11.9 Å². The summed E-state index contributed by atoms with van der Waals surface area (Å²) in [6.07, 6.45) is -0.364. The summed E-state index contributed by atoms with van der Waals surface area (Å²) in [5, 5.41) is 9.67. The zero-order valence-electron chi connectivity index (χ0n) is 10.8. The summed E-state index contributed by atoms with van der Waals surface area (Å²) in [5.41, 5.74) is 1.01. The van der Waals surface area contributed by atoms with Gasteiger partial charge < -0.3 is 14.7 Å². The summed E-state index contributed by atoms with van der Waals surface area (Å²) in [4.78, 5) is 24.4. The summed E-state index contributed by atoms with van der Waals surface area (Å²) >= 11 is 0. The van der Waals surface area contributed by atoms with E-state index in [0.29, 0.717) is 13.0 Å². The topological polar surface area (TPSA) is 66.8 Å². The number of rotatable bonds is 5. The van der Waals surface area contributed by atoms with Crippen LogP contribution in [0.15, 0.2) is 30.3 Å². The van der Waals surface area contributed by atoms with Gasteiger partial charge in [0.25, 0.3) is 5.91 Å². The molecule has 0 aromatic heterocycles. The number of ether oxygens (including phenoxy) is 1. The van der Waals surface area contributed by atoms with Gasteiger partial charge in [0.05, 0.1) is 13.2 Å². The van der Waals surface area contributed by atoms with Crippen molar-refractivity contribution < 1.29 is 19.4 Å². The number of carbonyl (C=O) groups excluding carboxylic acids is 2. The minimum atomic E-state index is -0.992. The van der Waals surface area contributed by atoms with Crippen molar-refractivity contribution in [1.29, 1.82) is 0 Å². The average molecular weight is 263 g/mol. The fraction of sp³-hybridized carbons (Fsp3) is 0.429. The first-order chi connectivity index (χ1) is 9.13. The van der Waals surface area contributed by atoms with E-state index in [1.54, 1.807) is 4.90 Å². The van der Waals surface area contributed by atoms with Crippen LogP contribution in [0.3, 0.4) is 0 Å². The smallest absolute Gasteiger partial charge is 0.305 e. The minimum Gasteiger partial charge on any atom is -0.469 e. The summed E-state index contributed by atoms with van der Waals surface area (Å²) in [6, 6.07) is 9.26. The molecule has 0 saturated carbocycles. The molecule has 0 aliphatic carbocycles. The molecule has 0 bridgehead atoms. The standard InChI is InChI=1S/C14H17NO4/c1-19-12(16)8-7-11-13(17)14(18)15(11)9-10-5-3-2-4-6-10/h2-6,11,13,17H,7-9H2,1H3/t11-,13+/m1/s1. The van der Waals surface area contributed by atoms with Crippen molar-refractivity contribution in [3.05, 3.63) is 35.9 Å². The number of nitrogens with zero attached hydrogens (tertiary/aromatic N) is 1. The molecule has 0 unspecified atom stereocenters. The molecular formula is C14H17NO4. The third-order valence-corrected chi connectivity index (χ3v) is 3.37. The van der Waals surface area contributed by atoms with E-state index in [-0.39, 0.29) is 24.3 Å². The van der Waals surface area contributed by atoms with Crippen LogP contribution in [0, 0.1) is 0 Å². The number of amides is 1. The van der Waals surface area contributed by atoms with Gasteiger partial charge in [0, 0.05) is 13.0 Å². The number of likely N-dealkylation sites (tertiary alicyclic amines) is 1. The SMILES string of the molecule is COC(=O)CC[C@@H]1[C@H](O)C(=O)N1Cc1ccccc1. The van der Waals surface area contributed by atoms with E-state index in [0.717, 1.165) is 5.56 Å². The Morgan fingerprint density at radius 3 is 2.68 bits per heavy atom. The lowest BCUT2D eigenvalue weighted by molar-refractivity contribution is -0.169. The van der Waals surface area contributed by atoms with E-state index in [4.69, 9.17) is 0 Å². The van der Waals surface area contributed by atoms with Crippen LogP contribution in [-0.2, 0) is 20.9 Å². The van der Waals surface area contributed by atoms with E-state index in [2.05, 4.69) is 4.74 Å². The van der Waals surface area contributed by atoms with Gasteiger partial charge >= 0.3 is 5.97 Å². The molecule has 1 saturated heterocycles. The molecule has 1 amide bonds. The lowest BCUT2D eigenvalue weighted by Gasteiger charge is -2.44. The molecule has 5 heteroatoms. The molecule has 1 heterocycles. The Morgan fingerprint density at radius 2 is 2.05 bits per heavy atom. The molecule has 1 aliphatic heterocycles. The van der Waals surface area contributed by atoms with Crippen LogP contribution in [0.2, 0.25) is 0 Å². The van der Waals surface area contributed by atoms with Gasteiger partial charge in [0.2, 0.25) is 0 Å². The van der Waals surface area contributed by atoms with Crippen molar-refractivity contribution in [1.82, 2.24) is 4.90 Å². The van der Waals surface area contributed by atoms with Gasteiger partial charge in [-0.3, -0.25) is 9.59 Å². The molecule has 1 fully saturated rings. The molecule has 1 aromatic rings. The maximum atomic E-state index is 11.7. The molecule has 2 rings (SSSR count). The number of esters is 1. The van der Waals surface area contributed by atoms with E-state index in [9.17, 15) is 14.7 Å². The van der Waals surface area contributed by atoms with Crippen LogP contribution in [0.1, 0.15) is 18.4 Å². The molecule has 2 atom stereocenters. The largest absolute Gasteiger partial charge is 0.469 e. The molecule has 1 aromatic carbocycles. The molecule has 0 radical (unpaired) electrons. The Hall–Kier alpha value is -1.88. The predicted molar refractivity (Wildman–Crippen MR) is 68.0 cm³/mol. The van der Waals surface area contributed by atoms with Crippen molar-refractivity contribution in [2.45, 2.75) is 31.5 Å². The Labute approximate surface area is 111 Å². The Bertz CT molecular complexity index is 460. The number of hydrogen-bond donors (Lipinski definition) is 1. The van der Waals surface area contributed by atoms with Crippen molar-refractivity contribution in [3.63, 3.8) is 0 Å². The molecule has 0 spiro atoms. The van der Waals surface area contributed by atoms with Crippen LogP contribution < -0.4 is 0 Å². The van der Waals surface area contributed by atoms with Gasteiger partial charge in [0.15, 0.2) is 6.10 Å². The lowest BCUT2D eigenvalue weighted by atomic mass is 9.92. The lowest BCUT2D eigenvalue weighted by Crippen LogP contribution is -2.64. The highest BCUT2D eigenvalue weighted by molar-refractivity contribution is 5.88. The first kappa shape index (κ1) is 13.5. The zero-order chi connectivity index (χ0) is 13.8. The third kappa shape index (κ3) is 2.93. The second-order valence-corrected chi connectivity index (χ2v) is 4.58. The number of methoxy groups -OCH3 is 1. The van der Waals surface area contributed by atoms with E-state index in [1.165, 1.54) is 7.11 Å². The molecule has 19 heavy (non-hydrogen) atoms. The number of aliphatic hydroxyl groups is 1. The Balaban J connectivity index is 1.94. The summed E-state index contributed by atoms with van der Waals surface area (Å²) in [5.74, 6) is -0.607. The van der Waals surface area contributed by atoms with Gasteiger partial charge in [-0.15, -0.1) is 0 Å². The average Bonchev–Trinajstić information content (AvgIpc) is 2.46. The molecule has 1 N–H and O–H groups in total. The van der Waals surface area contributed by atoms with E-state index < -0.39 is 6.10 Å². The van der Waals surface area contributed by atoms with Gasteiger partial charge in [-0.1, -0.05) is 30.3 Å². The second kappa shape index (κ2) is 5.84. The van der Waals surface area contributed by atoms with Crippen LogP contribution in [0.25, 0.3) is 0 Å². The highest BCUT2D eigenvalue weighted by atomic mass is 16.5. The van der Waals surface area contributed by atoms with Crippen LogP contribution in [0.4, 0.5) is 0 Å². The number of carbonyl (C=O) groups is 2. The second-order valence-electron chi connectivity index (χ2n) is 4.58. The van der Waals surface area contributed by atoms with Gasteiger partial charge in [-0.2, -0.15) is 0 Å². The van der Waals surface area contributed by atoms with Crippen molar-refractivity contribution in [2.75, 3.05) is 7.11 Å². The molecule has 102 valence electrons. The van der Waals surface area contributed by atoms with Crippen LogP contribution in [0.5, 0.6) is 0 Å². The van der Waals surface area contributed by atoms with Gasteiger partial charge in [-0.05, 0) is 12.0 Å². The minimum absolute atomic E-state index is 0.205. The third-order valence-electron chi connectivity index (χ3n) is 3.37. The van der Waals surface area contributed by atoms with Crippen molar-refractivity contribution in [2.24, 2.45) is 0 Å². The quantitative estimate of drug-likeness (QED) is 0.627. The number of hydrogen-bond acceptors (Lipinski definition) is 4. The Morgan fingerprint density at radius 1 is 1.37 bits per heavy atom. The monoisotopic (exact) mass is 263 g/mol. The van der Waals surface area contributed by atoms with Crippen molar-refractivity contribution in [3.8, 4) is 0 Å². The van der Waals surface area contributed by atoms with Crippen LogP contribution in [-0.4, -0.2) is 41.1 Å². The highest BCUT2D eigenvalue weighted by Crippen LogP contribution is 2.26. The normalized spacial score (nSPS) is 22.0. The van der Waals surface area contributed by atoms with E-state index >= 15 is 0 Å². The summed E-state index contributed by atoms with van der Waals surface area (Å²) in [6.45, 7) is 0.461. The molecular weight excluding hydrogens is 246 g/mol. The fourth-order valence-electron chi connectivity index (χ4n) is 2.24. The first-order valence-corrected chi connectivity index (χ1v) is 6.22. The van der Waals surface area contributed by atoms with Gasteiger partial charge in [0.1, 0.15) is 0 Å².